The van der Waals surface area contributed by atoms with E-state index in [0.717, 1.165) is 12.8 Å². The average molecular weight is 258 g/mol. The van der Waals surface area contributed by atoms with Gasteiger partial charge in [-0.3, -0.25) is 0 Å². The largest absolute Gasteiger partial charge is 0.103 e. The molecule has 0 saturated heterocycles. The Kier molecular flexibility index (Phi) is 8.95. The highest BCUT2D eigenvalue weighted by Gasteiger charge is 2.18. The molecule has 0 fully saturated rings. The van der Waals surface area contributed by atoms with Gasteiger partial charge in [0.25, 0.3) is 0 Å². The Morgan fingerprint density at radius 3 is 2.05 bits per heavy atom. The molecule has 0 amide bonds. The molecule has 1 rings (SSSR count). The van der Waals surface area contributed by atoms with Crippen LogP contribution in [0.2, 0.25) is 0 Å². The second-order valence-electron chi connectivity index (χ2n) is 4.96. The lowest BCUT2D eigenvalue weighted by molar-refractivity contribution is 0.455. The first-order chi connectivity index (χ1) is 9.10. The van der Waals surface area contributed by atoms with Crippen LogP contribution in [0, 0.1) is 19.8 Å². The van der Waals surface area contributed by atoms with Gasteiger partial charge in [0.15, 0.2) is 0 Å². The highest BCUT2D eigenvalue weighted by atomic mass is 14.2. The monoisotopic (exact) mass is 258 g/mol. The summed E-state index contributed by atoms with van der Waals surface area (Å²) in [6.45, 7) is 18.4. The van der Waals surface area contributed by atoms with Crippen molar-refractivity contribution in [2.24, 2.45) is 5.92 Å². The van der Waals surface area contributed by atoms with Crippen LogP contribution < -0.4 is 0 Å². The van der Waals surface area contributed by atoms with Crippen molar-refractivity contribution in [1.82, 2.24) is 0 Å². The average Bonchev–Trinajstić information content (AvgIpc) is 2.43. The predicted octanol–water partition coefficient (Wildman–Crippen LogP) is 6.20. The van der Waals surface area contributed by atoms with Gasteiger partial charge >= 0.3 is 0 Å². The van der Waals surface area contributed by atoms with E-state index >= 15 is 0 Å². The fraction of sp³-hybridized carbons (Fsp3) is 0.474. The molecule has 106 valence electrons. The lowest BCUT2D eigenvalue weighted by Crippen LogP contribution is -2.10. The highest BCUT2D eigenvalue weighted by Crippen LogP contribution is 2.32. The summed E-state index contributed by atoms with van der Waals surface area (Å²) in [5, 5.41) is 0. The van der Waals surface area contributed by atoms with E-state index in [1.54, 1.807) is 0 Å². The lowest BCUT2D eigenvalue weighted by Gasteiger charge is -2.24. The molecular weight excluding hydrogens is 228 g/mol. The van der Waals surface area contributed by atoms with Crippen molar-refractivity contribution in [2.75, 3.05) is 0 Å². The smallest absolute Gasteiger partial charge is 0.0153 e. The van der Waals surface area contributed by atoms with Crippen molar-refractivity contribution in [2.45, 2.75) is 53.4 Å². The molecule has 0 aliphatic rings. The molecule has 0 aromatic heterocycles. The standard InChI is InChI=1S/C17H24.C2H6/c1-6-8-16(9-7-2)15(5)17-12-13(3)10-11-14(17)4;1-2/h6-7,10-12,15-16H,1-2,8-9H2,3-5H3;1-2H3. The molecule has 1 atom stereocenters. The van der Waals surface area contributed by atoms with Crippen LogP contribution >= 0.6 is 0 Å². The van der Waals surface area contributed by atoms with Gasteiger partial charge in [0, 0.05) is 0 Å². The second-order valence-corrected chi connectivity index (χ2v) is 4.96. The molecule has 1 aromatic carbocycles. The van der Waals surface area contributed by atoms with Crippen LogP contribution in [0.5, 0.6) is 0 Å². The molecule has 1 aromatic rings. The van der Waals surface area contributed by atoms with E-state index in [9.17, 15) is 0 Å². The Bertz CT molecular complexity index is 377. The van der Waals surface area contributed by atoms with Gasteiger partial charge < -0.3 is 0 Å². The van der Waals surface area contributed by atoms with E-state index in [1.165, 1.54) is 16.7 Å². The van der Waals surface area contributed by atoms with Gasteiger partial charge in [-0.25, -0.2) is 0 Å². The first kappa shape index (κ1) is 17.7. The van der Waals surface area contributed by atoms with Crippen LogP contribution in [0.3, 0.4) is 0 Å². The normalized spacial score (nSPS) is 11.5. The number of allylic oxidation sites excluding steroid dienone is 2. The summed E-state index contributed by atoms with van der Waals surface area (Å²) >= 11 is 0. The predicted molar refractivity (Wildman–Crippen MR) is 88.8 cm³/mol. The van der Waals surface area contributed by atoms with Crippen molar-refractivity contribution < 1.29 is 0 Å². The summed E-state index contributed by atoms with van der Waals surface area (Å²) in [6, 6.07) is 6.72. The number of rotatable bonds is 6. The lowest BCUT2D eigenvalue weighted by atomic mass is 9.81. The van der Waals surface area contributed by atoms with Gasteiger partial charge in [0.05, 0.1) is 0 Å². The highest BCUT2D eigenvalue weighted by molar-refractivity contribution is 5.33. The maximum absolute atomic E-state index is 3.86. The fourth-order valence-electron chi connectivity index (χ4n) is 2.44. The van der Waals surface area contributed by atoms with E-state index < -0.39 is 0 Å². The number of aryl methyl sites for hydroxylation is 2. The van der Waals surface area contributed by atoms with Gasteiger partial charge in [-0.2, -0.15) is 0 Å². The minimum atomic E-state index is 0.561. The zero-order chi connectivity index (χ0) is 14.8. The van der Waals surface area contributed by atoms with E-state index in [4.69, 9.17) is 0 Å². The molecule has 0 bridgehead atoms. The van der Waals surface area contributed by atoms with Crippen molar-refractivity contribution in [1.29, 1.82) is 0 Å². The van der Waals surface area contributed by atoms with Crippen molar-refractivity contribution in [3.05, 3.63) is 60.2 Å². The minimum absolute atomic E-state index is 0.561. The van der Waals surface area contributed by atoms with Crippen molar-refractivity contribution >= 4 is 0 Å². The Balaban J connectivity index is 0.00000154. The molecule has 1 unspecified atom stereocenters. The summed E-state index contributed by atoms with van der Waals surface area (Å²) in [5.41, 5.74) is 4.20. The molecule has 0 N–H and O–H groups in total. The maximum atomic E-state index is 3.86. The topological polar surface area (TPSA) is 0 Å². The Morgan fingerprint density at radius 2 is 1.58 bits per heavy atom. The molecule has 0 heteroatoms. The van der Waals surface area contributed by atoms with Gasteiger partial charge in [-0.05, 0) is 49.7 Å². The van der Waals surface area contributed by atoms with Gasteiger partial charge in [-0.1, -0.05) is 56.7 Å². The van der Waals surface area contributed by atoms with Crippen LogP contribution in [0.1, 0.15) is 56.2 Å². The van der Waals surface area contributed by atoms with Crippen LogP contribution in [0.25, 0.3) is 0 Å². The molecule has 0 radical (unpaired) electrons. The van der Waals surface area contributed by atoms with E-state index in [0.29, 0.717) is 11.8 Å². The molecule has 0 aliphatic carbocycles. The first-order valence-electron chi connectivity index (χ1n) is 7.39. The van der Waals surface area contributed by atoms with Crippen molar-refractivity contribution in [3.63, 3.8) is 0 Å². The summed E-state index contributed by atoms with van der Waals surface area (Å²) in [7, 11) is 0. The Hall–Kier alpha value is -1.30. The second kappa shape index (κ2) is 9.61. The quantitative estimate of drug-likeness (QED) is 0.533. The van der Waals surface area contributed by atoms with Gasteiger partial charge in [0.1, 0.15) is 0 Å². The van der Waals surface area contributed by atoms with E-state index in [1.807, 2.05) is 26.0 Å². The number of hydrogen-bond acceptors (Lipinski definition) is 0. The Morgan fingerprint density at radius 1 is 1.05 bits per heavy atom. The summed E-state index contributed by atoms with van der Waals surface area (Å²) in [4.78, 5) is 0. The van der Waals surface area contributed by atoms with Crippen LogP contribution in [-0.4, -0.2) is 0 Å². The zero-order valence-electron chi connectivity index (χ0n) is 13.4. The first-order valence-corrected chi connectivity index (χ1v) is 7.39. The summed E-state index contributed by atoms with van der Waals surface area (Å²) in [6.07, 6.45) is 6.16. The van der Waals surface area contributed by atoms with Crippen LogP contribution in [-0.2, 0) is 0 Å². The molecule has 0 heterocycles. The summed E-state index contributed by atoms with van der Waals surface area (Å²) in [5.74, 6) is 1.18. The molecule has 0 saturated carbocycles. The molecule has 0 nitrogen and oxygen atoms in total. The molecule has 0 spiro atoms. The van der Waals surface area contributed by atoms with Gasteiger partial charge in [0.2, 0.25) is 0 Å². The SMILES string of the molecule is C=CCC(CC=C)C(C)c1cc(C)ccc1C.CC. The van der Waals surface area contributed by atoms with Crippen molar-refractivity contribution in [3.8, 4) is 0 Å². The molecule has 19 heavy (non-hydrogen) atoms. The minimum Gasteiger partial charge on any atom is -0.103 e. The van der Waals surface area contributed by atoms with E-state index in [2.05, 4.69) is 52.1 Å². The number of benzene rings is 1. The summed E-state index contributed by atoms with van der Waals surface area (Å²) < 4.78 is 0. The Labute approximate surface area is 120 Å². The van der Waals surface area contributed by atoms with Crippen LogP contribution in [0.15, 0.2) is 43.5 Å². The third-order valence-electron chi connectivity index (χ3n) is 3.57. The number of hydrogen-bond donors (Lipinski definition) is 0. The molecule has 0 aliphatic heterocycles. The third kappa shape index (κ3) is 5.46. The van der Waals surface area contributed by atoms with E-state index in [-0.39, 0.29) is 0 Å². The zero-order valence-corrected chi connectivity index (χ0v) is 13.4. The fourth-order valence-corrected chi connectivity index (χ4v) is 2.44. The molecular formula is C19H30. The van der Waals surface area contributed by atoms with Crippen LogP contribution in [0.4, 0.5) is 0 Å². The van der Waals surface area contributed by atoms with Gasteiger partial charge in [-0.15, -0.1) is 13.2 Å². The third-order valence-corrected chi connectivity index (χ3v) is 3.57. The maximum Gasteiger partial charge on any atom is -0.0153 e.